The maximum atomic E-state index is 11.9. The van der Waals surface area contributed by atoms with Gasteiger partial charge in [0.25, 0.3) is 0 Å². The third-order valence-electron chi connectivity index (χ3n) is 2.14. The summed E-state index contributed by atoms with van der Waals surface area (Å²) in [5, 5.41) is 19.4. The van der Waals surface area contributed by atoms with Crippen LogP contribution in [-0.2, 0) is 0 Å². The summed E-state index contributed by atoms with van der Waals surface area (Å²) < 4.78 is 0. The number of aromatic hydroxyl groups is 2. The maximum absolute atomic E-state index is 11.9. The second-order valence-electron chi connectivity index (χ2n) is 3.23. The van der Waals surface area contributed by atoms with Crippen molar-refractivity contribution in [2.75, 3.05) is 0 Å². The number of nitrogens with one attached hydrogen (secondary N) is 1. The molecule has 0 amide bonds. The van der Waals surface area contributed by atoms with Crippen LogP contribution in [0.25, 0.3) is 0 Å². The average molecular weight is 238 g/mol. The Kier molecular flexibility index (Phi) is 2.58. The van der Waals surface area contributed by atoms with Crippen molar-refractivity contribution in [1.29, 1.82) is 0 Å². The molecule has 5 heteroatoms. The first-order chi connectivity index (χ1) is 7.59. The van der Waals surface area contributed by atoms with Crippen molar-refractivity contribution < 1.29 is 15.0 Å². The summed E-state index contributed by atoms with van der Waals surface area (Å²) in [5.74, 6) is -1.05. The number of halogens is 1. The molecule has 3 N–H and O–H groups in total. The monoisotopic (exact) mass is 237 g/mol. The molecule has 0 aliphatic heterocycles. The van der Waals surface area contributed by atoms with E-state index in [4.69, 9.17) is 11.6 Å². The molecule has 0 aliphatic carbocycles. The van der Waals surface area contributed by atoms with E-state index in [2.05, 4.69) is 4.98 Å². The minimum Gasteiger partial charge on any atom is -0.507 e. The zero-order valence-corrected chi connectivity index (χ0v) is 8.82. The van der Waals surface area contributed by atoms with Crippen LogP contribution in [0.4, 0.5) is 0 Å². The van der Waals surface area contributed by atoms with Crippen molar-refractivity contribution in [2.24, 2.45) is 0 Å². The largest absolute Gasteiger partial charge is 0.507 e. The summed E-state index contributed by atoms with van der Waals surface area (Å²) in [6.45, 7) is 0. The first-order valence-corrected chi connectivity index (χ1v) is 4.87. The van der Waals surface area contributed by atoms with Crippen LogP contribution in [0.1, 0.15) is 16.1 Å². The highest BCUT2D eigenvalue weighted by Crippen LogP contribution is 2.28. The molecule has 2 rings (SSSR count). The number of carbonyl (C=O) groups is 1. The van der Waals surface area contributed by atoms with Crippen molar-refractivity contribution in [3.63, 3.8) is 0 Å². The van der Waals surface area contributed by atoms with Gasteiger partial charge in [0.1, 0.15) is 17.1 Å². The van der Waals surface area contributed by atoms with Crippen LogP contribution in [0, 0.1) is 0 Å². The first-order valence-electron chi connectivity index (χ1n) is 4.49. The highest BCUT2D eigenvalue weighted by molar-refractivity contribution is 6.31. The number of hydrogen-bond donors (Lipinski definition) is 3. The highest BCUT2D eigenvalue weighted by Gasteiger charge is 2.18. The zero-order chi connectivity index (χ0) is 11.7. The lowest BCUT2D eigenvalue weighted by atomic mass is 10.1. The molecule has 0 atom stereocenters. The predicted octanol–water partition coefficient (Wildman–Crippen LogP) is 2.31. The van der Waals surface area contributed by atoms with Crippen molar-refractivity contribution >= 4 is 17.4 Å². The standard InChI is InChI=1S/C11H8ClNO3/c12-6-4-7(13-5-6)11(16)10-8(14)2-1-3-9(10)15/h1-5,13-15H. The van der Waals surface area contributed by atoms with Gasteiger partial charge in [-0.2, -0.15) is 0 Å². The normalized spacial score (nSPS) is 10.3. The van der Waals surface area contributed by atoms with Gasteiger partial charge in [0.2, 0.25) is 5.78 Å². The Labute approximate surface area is 96.1 Å². The Balaban J connectivity index is 2.49. The lowest BCUT2D eigenvalue weighted by molar-refractivity contribution is 0.103. The molecule has 2 aromatic rings. The van der Waals surface area contributed by atoms with Crippen LogP contribution < -0.4 is 0 Å². The zero-order valence-electron chi connectivity index (χ0n) is 8.07. The molecule has 4 nitrogen and oxygen atoms in total. The number of phenols is 2. The lowest BCUT2D eigenvalue weighted by Gasteiger charge is -2.04. The lowest BCUT2D eigenvalue weighted by Crippen LogP contribution is -2.02. The Bertz CT molecular complexity index is 528. The van der Waals surface area contributed by atoms with Gasteiger partial charge in [-0.1, -0.05) is 17.7 Å². The van der Waals surface area contributed by atoms with Gasteiger partial charge in [-0.25, -0.2) is 0 Å². The van der Waals surface area contributed by atoms with Gasteiger partial charge in [0.05, 0.1) is 10.7 Å². The molecule has 0 saturated heterocycles. The number of aromatic nitrogens is 1. The van der Waals surface area contributed by atoms with Crippen LogP contribution in [-0.4, -0.2) is 21.0 Å². The smallest absolute Gasteiger partial charge is 0.216 e. The number of aromatic amines is 1. The van der Waals surface area contributed by atoms with E-state index in [0.717, 1.165) is 0 Å². The third-order valence-corrected chi connectivity index (χ3v) is 2.36. The van der Waals surface area contributed by atoms with Gasteiger partial charge in [-0.15, -0.1) is 0 Å². The molecular formula is C11H8ClNO3. The Morgan fingerprint density at radius 2 is 1.88 bits per heavy atom. The van der Waals surface area contributed by atoms with Crippen LogP contribution >= 0.6 is 11.6 Å². The summed E-state index contributed by atoms with van der Waals surface area (Å²) in [5.41, 5.74) is 0.0721. The number of rotatable bonds is 2. The fourth-order valence-corrected chi connectivity index (χ4v) is 1.56. The predicted molar refractivity (Wildman–Crippen MR) is 59.0 cm³/mol. The number of phenolic OH excluding ortho intramolecular Hbond substituents is 2. The molecular weight excluding hydrogens is 230 g/mol. The first kappa shape index (κ1) is 10.6. The Hall–Kier alpha value is -1.94. The number of benzene rings is 1. The van der Waals surface area contributed by atoms with E-state index in [9.17, 15) is 15.0 Å². The summed E-state index contributed by atoms with van der Waals surface area (Å²) >= 11 is 5.66. The van der Waals surface area contributed by atoms with Crippen LogP contribution in [0.2, 0.25) is 5.02 Å². The van der Waals surface area contributed by atoms with E-state index in [1.54, 1.807) is 0 Å². The summed E-state index contributed by atoms with van der Waals surface area (Å²) in [6.07, 6.45) is 1.45. The molecule has 16 heavy (non-hydrogen) atoms. The molecule has 0 aliphatic rings. The Morgan fingerprint density at radius 3 is 2.38 bits per heavy atom. The van der Waals surface area contributed by atoms with E-state index in [-0.39, 0.29) is 22.8 Å². The fraction of sp³-hybridized carbons (Fsp3) is 0. The number of hydrogen-bond acceptors (Lipinski definition) is 3. The quantitative estimate of drug-likeness (QED) is 0.702. The van der Waals surface area contributed by atoms with Gasteiger partial charge >= 0.3 is 0 Å². The van der Waals surface area contributed by atoms with Gasteiger partial charge in [0, 0.05) is 6.20 Å². The Morgan fingerprint density at radius 1 is 1.25 bits per heavy atom. The van der Waals surface area contributed by atoms with Crippen molar-refractivity contribution in [3.8, 4) is 11.5 Å². The minimum absolute atomic E-state index is 0.138. The third kappa shape index (κ3) is 1.75. The molecule has 0 saturated carbocycles. The van der Waals surface area contributed by atoms with Gasteiger partial charge in [0.15, 0.2) is 0 Å². The van der Waals surface area contributed by atoms with Gasteiger partial charge in [-0.05, 0) is 18.2 Å². The molecule has 0 radical (unpaired) electrons. The highest BCUT2D eigenvalue weighted by atomic mass is 35.5. The minimum atomic E-state index is -0.512. The molecule has 0 unspecified atom stereocenters. The summed E-state index contributed by atoms with van der Waals surface area (Å²) in [4.78, 5) is 14.5. The van der Waals surface area contributed by atoms with E-state index < -0.39 is 5.78 Å². The van der Waals surface area contributed by atoms with Crippen molar-refractivity contribution in [1.82, 2.24) is 4.98 Å². The van der Waals surface area contributed by atoms with Crippen LogP contribution in [0.15, 0.2) is 30.5 Å². The molecule has 0 fully saturated rings. The molecule has 0 spiro atoms. The maximum Gasteiger partial charge on any atom is 0.216 e. The fourth-order valence-electron chi connectivity index (χ4n) is 1.39. The average Bonchev–Trinajstić information content (AvgIpc) is 2.64. The van der Waals surface area contributed by atoms with Crippen LogP contribution in [0.5, 0.6) is 11.5 Å². The second-order valence-corrected chi connectivity index (χ2v) is 3.67. The number of H-pyrrole nitrogens is 1. The molecule has 0 bridgehead atoms. The summed E-state index contributed by atoms with van der Waals surface area (Å²) in [6, 6.07) is 5.54. The van der Waals surface area contributed by atoms with E-state index in [0.29, 0.717) is 5.02 Å². The summed E-state index contributed by atoms with van der Waals surface area (Å²) in [7, 11) is 0. The molecule has 1 aromatic carbocycles. The topological polar surface area (TPSA) is 73.3 Å². The molecule has 1 heterocycles. The van der Waals surface area contributed by atoms with Crippen molar-refractivity contribution in [2.45, 2.75) is 0 Å². The van der Waals surface area contributed by atoms with E-state index >= 15 is 0 Å². The van der Waals surface area contributed by atoms with Gasteiger partial charge < -0.3 is 15.2 Å². The van der Waals surface area contributed by atoms with Crippen molar-refractivity contribution in [3.05, 3.63) is 46.7 Å². The molecule has 1 aromatic heterocycles. The number of ketones is 1. The second kappa shape index (κ2) is 3.90. The van der Waals surface area contributed by atoms with Gasteiger partial charge in [-0.3, -0.25) is 4.79 Å². The van der Waals surface area contributed by atoms with E-state index in [1.807, 2.05) is 0 Å². The molecule has 82 valence electrons. The number of carbonyl (C=O) groups excluding carboxylic acids is 1. The van der Waals surface area contributed by atoms with E-state index in [1.165, 1.54) is 30.5 Å². The van der Waals surface area contributed by atoms with Crippen LogP contribution in [0.3, 0.4) is 0 Å². The SMILES string of the molecule is O=C(c1cc(Cl)c[nH]1)c1c(O)cccc1O.